The molecular formula is C23H32N6O2. The molecule has 2 fully saturated rings. The van der Waals surface area contributed by atoms with Crippen LogP contribution in [0.5, 0.6) is 0 Å². The summed E-state index contributed by atoms with van der Waals surface area (Å²) in [6.45, 7) is 6.58. The van der Waals surface area contributed by atoms with Gasteiger partial charge in [-0.2, -0.15) is 5.10 Å². The van der Waals surface area contributed by atoms with Gasteiger partial charge in [0.25, 0.3) is 0 Å². The first-order chi connectivity index (χ1) is 15.1. The van der Waals surface area contributed by atoms with Crippen LogP contribution in [0.2, 0.25) is 0 Å². The van der Waals surface area contributed by atoms with E-state index in [1.807, 2.05) is 59.4 Å². The van der Waals surface area contributed by atoms with Gasteiger partial charge in [-0.25, -0.2) is 4.68 Å². The maximum atomic E-state index is 12.7. The number of hydrogen-bond acceptors (Lipinski definition) is 5. The smallest absolute Gasteiger partial charge is 0.236 e. The molecule has 2 amide bonds. The number of amides is 2. The molecule has 2 aromatic rings. The second-order valence-corrected chi connectivity index (χ2v) is 8.52. The van der Waals surface area contributed by atoms with Gasteiger partial charge in [0.2, 0.25) is 11.8 Å². The largest absolute Gasteiger partial charge is 0.342 e. The number of likely N-dealkylation sites (N-methyl/N-ethyl adjacent to an activating group) is 1. The van der Waals surface area contributed by atoms with Crippen molar-refractivity contribution in [3.8, 4) is 5.69 Å². The van der Waals surface area contributed by atoms with Crippen LogP contribution in [0.3, 0.4) is 0 Å². The van der Waals surface area contributed by atoms with Gasteiger partial charge in [-0.05, 0) is 25.0 Å². The Morgan fingerprint density at radius 1 is 0.935 bits per heavy atom. The van der Waals surface area contributed by atoms with Gasteiger partial charge in [-0.3, -0.25) is 19.4 Å². The lowest BCUT2D eigenvalue weighted by atomic mass is 10.3. The molecule has 2 aliphatic rings. The highest BCUT2D eigenvalue weighted by Gasteiger charge is 2.24. The number of carbonyl (C=O) groups is 2. The summed E-state index contributed by atoms with van der Waals surface area (Å²) in [4.78, 5) is 33.2. The van der Waals surface area contributed by atoms with Crippen molar-refractivity contribution >= 4 is 11.8 Å². The molecule has 8 nitrogen and oxygen atoms in total. The molecule has 4 rings (SSSR count). The second kappa shape index (κ2) is 10.1. The van der Waals surface area contributed by atoms with Crippen LogP contribution in [-0.4, -0.2) is 101 Å². The third kappa shape index (κ3) is 5.71. The maximum Gasteiger partial charge on any atom is 0.236 e. The molecule has 0 bridgehead atoms. The highest BCUT2D eigenvalue weighted by atomic mass is 16.2. The van der Waals surface area contributed by atoms with Crippen LogP contribution in [0.1, 0.15) is 18.4 Å². The number of likely N-dealkylation sites (tertiary alicyclic amines) is 1. The zero-order chi connectivity index (χ0) is 21.6. The third-order valence-electron chi connectivity index (χ3n) is 6.14. The number of piperazine rings is 1. The molecule has 3 heterocycles. The number of aromatic nitrogens is 2. The number of benzene rings is 1. The van der Waals surface area contributed by atoms with E-state index in [2.05, 4.69) is 14.9 Å². The molecule has 31 heavy (non-hydrogen) atoms. The van der Waals surface area contributed by atoms with E-state index in [0.717, 1.165) is 63.4 Å². The van der Waals surface area contributed by atoms with Gasteiger partial charge in [-0.15, -0.1) is 0 Å². The summed E-state index contributed by atoms with van der Waals surface area (Å²) in [7, 11) is 1.84. The van der Waals surface area contributed by atoms with Crippen molar-refractivity contribution in [2.45, 2.75) is 19.4 Å². The molecular weight excluding hydrogens is 392 g/mol. The Hall–Kier alpha value is -2.71. The summed E-state index contributed by atoms with van der Waals surface area (Å²) in [5, 5.41) is 4.41. The van der Waals surface area contributed by atoms with Gasteiger partial charge in [0, 0.05) is 64.6 Å². The molecule has 0 spiro atoms. The van der Waals surface area contributed by atoms with E-state index in [9.17, 15) is 9.59 Å². The topological polar surface area (TPSA) is 64.9 Å². The van der Waals surface area contributed by atoms with Gasteiger partial charge < -0.3 is 9.80 Å². The average molecular weight is 425 g/mol. The van der Waals surface area contributed by atoms with E-state index in [0.29, 0.717) is 19.6 Å². The highest BCUT2D eigenvalue weighted by Crippen LogP contribution is 2.11. The van der Waals surface area contributed by atoms with E-state index < -0.39 is 0 Å². The van der Waals surface area contributed by atoms with Crippen LogP contribution in [0.15, 0.2) is 42.7 Å². The highest BCUT2D eigenvalue weighted by molar-refractivity contribution is 5.79. The van der Waals surface area contributed by atoms with E-state index in [1.54, 1.807) is 4.90 Å². The van der Waals surface area contributed by atoms with Crippen molar-refractivity contribution in [2.24, 2.45) is 0 Å². The Labute approximate surface area is 184 Å². The zero-order valence-electron chi connectivity index (χ0n) is 18.3. The lowest BCUT2D eigenvalue weighted by Gasteiger charge is -2.35. The molecule has 166 valence electrons. The molecule has 2 saturated heterocycles. The molecule has 0 N–H and O–H groups in total. The van der Waals surface area contributed by atoms with Gasteiger partial charge in [0.1, 0.15) is 0 Å². The maximum absolute atomic E-state index is 12.7. The van der Waals surface area contributed by atoms with Crippen LogP contribution < -0.4 is 0 Å². The van der Waals surface area contributed by atoms with Crippen LogP contribution in [0.4, 0.5) is 0 Å². The Morgan fingerprint density at radius 2 is 1.58 bits per heavy atom. The number of nitrogens with zero attached hydrogens (tertiary/aromatic N) is 6. The molecule has 0 radical (unpaired) electrons. The third-order valence-corrected chi connectivity index (χ3v) is 6.14. The Kier molecular flexibility index (Phi) is 6.99. The fraction of sp³-hybridized carbons (Fsp3) is 0.522. The molecule has 0 aliphatic carbocycles. The average Bonchev–Trinajstić information content (AvgIpc) is 3.48. The fourth-order valence-corrected chi connectivity index (χ4v) is 4.20. The number of para-hydroxylation sites is 1. The van der Waals surface area contributed by atoms with Crippen molar-refractivity contribution in [1.82, 2.24) is 29.4 Å². The van der Waals surface area contributed by atoms with Gasteiger partial charge in [0.15, 0.2) is 0 Å². The van der Waals surface area contributed by atoms with Crippen molar-refractivity contribution in [3.05, 3.63) is 48.3 Å². The van der Waals surface area contributed by atoms with Crippen molar-refractivity contribution in [3.63, 3.8) is 0 Å². The molecule has 2 aliphatic heterocycles. The second-order valence-electron chi connectivity index (χ2n) is 8.52. The Bertz CT molecular complexity index is 869. The summed E-state index contributed by atoms with van der Waals surface area (Å²) in [6.07, 6.45) is 6.03. The lowest BCUT2D eigenvalue weighted by Crippen LogP contribution is -2.51. The van der Waals surface area contributed by atoms with Crippen molar-refractivity contribution < 1.29 is 9.59 Å². The Morgan fingerprint density at radius 3 is 2.26 bits per heavy atom. The summed E-state index contributed by atoms with van der Waals surface area (Å²) >= 11 is 0. The van der Waals surface area contributed by atoms with Crippen LogP contribution >= 0.6 is 0 Å². The van der Waals surface area contributed by atoms with Gasteiger partial charge >= 0.3 is 0 Å². The van der Waals surface area contributed by atoms with Crippen LogP contribution in [0.25, 0.3) is 5.69 Å². The summed E-state index contributed by atoms with van der Waals surface area (Å²) in [5.41, 5.74) is 2.01. The first-order valence-electron chi connectivity index (χ1n) is 11.1. The summed E-state index contributed by atoms with van der Waals surface area (Å²) in [6, 6.07) is 9.95. The zero-order valence-corrected chi connectivity index (χ0v) is 18.3. The van der Waals surface area contributed by atoms with E-state index in [4.69, 9.17) is 0 Å². The normalized spacial score (nSPS) is 17.8. The van der Waals surface area contributed by atoms with E-state index in [-0.39, 0.29) is 11.8 Å². The summed E-state index contributed by atoms with van der Waals surface area (Å²) < 4.78 is 1.83. The van der Waals surface area contributed by atoms with Gasteiger partial charge in [-0.1, -0.05) is 18.2 Å². The molecule has 8 heteroatoms. The van der Waals surface area contributed by atoms with Crippen molar-refractivity contribution in [1.29, 1.82) is 0 Å². The fourth-order valence-electron chi connectivity index (χ4n) is 4.20. The number of rotatable bonds is 7. The predicted molar refractivity (Wildman–Crippen MR) is 119 cm³/mol. The monoisotopic (exact) mass is 424 g/mol. The number of carbonyl (C=O) groups excluding carboxylic acids is 2. The summed E-state index contributed by atoms with van der Waals surface area (Å²) in [5.74, 6) is 0.354. The molecule has 1 aromatic heterocycles. The SMILES string of the molecule is CN(Cc1cnn(-c2ccccc2)c1)C(=O)CN1CCN(CC(=O)N2CCCC2)CC1. The first kappa shape index (κ1) is 21.5. The number of hydrogen-bond donors (Lipinski definition) is 0. The minimum absolute atomic E-state index is 0.106. The molecule has 0 unspecified atom stereocenters. The lowest BCUT2D eigenvalue weighted by molar-refractivity contribution is -0.134. The molecule has 0 saturated carbocycles. The predicted octanol–water partition coefficient (Wildman–Crippen LogP) is 1.07. The van der Waals surface area contributed by atoms with Gasteiger partial charge in [0.05, 0.1) is 25.0 Å². The van der Waals surface area contributed by atoms with Crippen LogP contribution in [-0.2, 0) is 16.1 Å². The van der Waals surface area contributed by atoms with E-state index in [1.165, 1.54) is 0 Å². The van der Waals surface area contributed by atoms with E-state index >= 15 is 0 Å². The molecule has 0 atom stereocenters. The standard InChI is InChI=1S/C23H32N6O2/c1-25(16-20-15-24-29(17-20)21-7-3-2-4-8-21)22(30)18-26-11-13-27(14-12-26)19-23(31)28-9-5-6-10-28/h2-4,7-8,15,17H,5-6,9-14,16,18-19H2,1H3. The molecule has 1 aromatic carbocycles. The van der Waals surface area contributed by atoms with Crippen molar-refractivity contribution in [2.75, 3.05) is 59.4 Å². The van der Waals surface area contributed by atoms with Crippen LogP contribution in [0, 0.1) is 0 Å². The minimum Gasteiger partial charge on any atom is -0.342 e. The Balaban J connectivity index is 1.20. The quantitative estimate of drug-likeness (QED) is 0.665. The minimum atomic E-state index is 0.106. The first-order valence-corrected chi connectivity index (χ1v) is 11.1.